The third-order valence-corrected chi connectivity index (χ3v) is 6.97. The Morgan fingerprint density at radius 1 is 1.02 bits per heavy atom. The van der Waals surface area contributed by atoms with E-state index in [1.54, 1.807) is 11.7 Å². The van der Waals surface area contributed by atoms with Crippen molar-refractivity contribution in [1.29, 1.82) is 0 Å². The molecule has 0 bridgehead atoms. The summed E-state index contributed by atoms with van der Waals surface area (Å²) in [5.74, 6) is 1.55. The van der Waals surface area contributed by atoms with E-state index in [4.69, 9.17) is 9.72 Å². The van der Waals surface area contributed by atoms with Gasteiger partial charge in [-0.3, -0.25) is 4.79 Å². The molecule has 0 fully saturated rings. The van der Waals surface area contributed by atoms with Crippen LogP contribution in [0.4, 0.5) is 25.1 Å². The fraction of sp³-hybridized carbons (Fsp3) is 0.207. The van der Waals surface area contributed by atoms with Gasteiger partial charge in [0.2, 0.25) is 11.9 Å². The Bertz CT molecular complexity index is 1750. The van der Waals surface area contributed by atoms with Gasteiger partial charge < -0.3 is 19.9 Å². The molecule has 1 aliphatic rings. The molecule has 0 spiro atoms. The Labute approximate surface area is 227 Å². The van der Waals surface area contributed by atoms with Crippen molar-refractivity contribution in [2.45, 2.75) is 25.7 Å². The Kier molecular flexibility index (Phi) is 6.41. The number of nitrogens with one attached hydrogen (secondary N) is 2. The van der Waals surface area contributed by atoms with Gasteiger partial charge in [0.15, 0.2) is 0 Å². The third kappa shape index (κ3) is 4.74. The van der Waals surface area contributed by atoms with Crippen molar-refractivity contribution in [2.24, 2.45) is 0 Å². The number of anilines is 2. The van der Waals surface area contributed by atoms with Crippen LogP contribution >= 0.6 is 0 Å². The molecule has 11 heteroatoms. The minimum atomic E-state index is -4.45. The van der Waals surface area contributed by atoms with E-state index in [9.17, 15) is 18.0 Å². The van der Waals surface area contributed by atoms with Crippen molar-refractivity contribution >= 4 is 22.9 Å². The number of alkyl halides is 3. The van der Waals surface area contributed by atoms with Gasteiger partial charge in [0.05, 0.1) is 47.2 Å². The average molecular weight is 547 g/mol. The second-order valence-electron chi connectivity index (χ2n) is 9.46. The summed E-state index contributed by atoms with van der Waals surface area (Å²) in [4.78, 5) is 28.2. The summed E-state index contributed by atoms with van der Waals surface area (Å²) >= 11 is 0. The number of methoxy groups -OCH3 is 1. The van der Waals surface area contributed by atoms with Gasteiger partial charge in [-0.2, -0.15) is 13.2 Å². The fourth-order valence-electron chi connectivity index (χ4n) is 4.94. The first kappa shape index (κ1) is 25.5. The van der Waals surface area contributed by atoms with E-state index in [2.05, 4.69) is 15.3 Å². The summed E-state index contributed by atoms with van der Waals surface area (Å²) in [7, 11) is 1.61. The molecule has 3 aromatic carbocycles. The number of hydrogen-bond acceptors (Lipinski definition) is 6. The maximum atomic E-state index is 13.9. The van der Waals surface area contributed by atoms with Crippen LogP contribution in [0.3, 0.4) is 0 Å². The minimum Gasteiger partial charge on any atom is -0.496 e. The number of aromatic nitrogens is 4. The number of nitrogens with zero attached hydrogens (tertiary/aromatic N) is 4. The number of para-hydroxylation sites is 2. The minimum absolute atomic E-state index is 0.215. The normalized spacial score (nSPS) is 13.3. The van der Waals surface area contributed by atoms with E-state index in [1.165, 1.54) is 6.07 Å². The summed E-state index contributed by atoms with van der Waals surface area (Å²) < 4.78 is 46.6. The Morgan fingerprint density at radius 2 is 1.80 bits per heavy atom. The quantitative estimate of drug-likeness (QED) is 0.300. The zero-order valence-electron chi connectivity index (χ0n) is 21.5. The molecule has 0 saturated heterocycles. The Balaban J connectivity index is 1.36. The highest BCUT2D eigenvalue weighted by atomic mass is 19.4. The van der Waals surface area contributed by atoms with Crippen LogP contribution in [0.5, 0.6) is 5.75 Å². The van der Waals surface area contributed by atoms with E-state index >= 15 is 0 Å². The first-order chi connectivity index (χ1) is 19.3. The van der Waals surface area contributed by atoms with Gasteiger partial charge in [-0.05, 0) is 36.4 Å². The summed E-state index contributed by atoms with van der Waals surface area (Å²) in [6.07, 6.45) is -3.98. The number of H-pyrrole nitrogens is 1. The fourth-order valence-corrected chi connectivity index (χ4v) is 4.94. The van der Waals surface area contributed by atoms with Crippen molar-refractivity contribution < 1.29 is 17.9 Å². The molecule has 0 aliphatic carbocycles. The molecule has 5 aromatic rings. The molecule has 3 heterocycles. The highest BCUT2D eigenvalue weighted by Gasteiger charge is 2.31. The van der Waals surface area contributed by atoms with Crippen LogP contribution in [0.1, 0.15) is 22.4 Å². The van der Waals surface area contributed by atoms with Crippen LogP contribution in [0.2, 0.25) is 0 Å². The predicted octanol–water partition coefficient (Wildman–Crippen LogP) is 5.31. The lowest BCUT2D eigenvalue weighted by Gasteiger charge is -2.28. The van der Waals surface area contributed by atoms with E-state index in [1.807, 2.05) is 59.5 Å². The lowest BCUT2D eigenvalue weighted by molar-refractivity contribution is -0.137. The maximum Gasteiger partial charge on any atom is 0.416 e. The van der Waals surface area contributed by atoms with E-state index in [0.29, 0.717) is 53.9 Å². The Morgan fingerprint density at radius 3 is 2.58 bits per heavy atom. The molecule has 40 heavy (non-hydrogen) atoms. The van der Waals surface area contributed by atoms with Gasteiger partial charge in [-0.1, -0.05) is 36.4 Å². The molecule has 0 atom stereocenters. The summed E-state index contributed by atoms with van der Waals surface area (Å²) in [5.41, 5.74) is 2.49. The van der Waals surface area contributed by atoms with Crippen LogP contribution in [-0.4, -0.2) is 33.2 Å². The largest absolute Gasteiger partial charge is 0.496 e. The maximum absolute atomic E-state index is 13.9. The summed E-state index contributed by atoms with van der Waals surface area (Å²) in [5, 5.41) is 3.32. The molecule has 8 nitrogen and oxygen atoms in total. The van der Waals surface area contributed by atoms with Gasteiger partial charge in [0.25, 0.3) is 5.56 Å². The van der Waals surface area contributed by atoms with Gasteiger partial charge in [-0.25, -0.2) is 14.5 Å². The highest BCUT2D eigenvalue weighted by molar-refractivity contribution is 5.78. The molecule has 2 aromatic heterocycles. The van der Waals surface area contributed by atoms with Gasteiger partial charge in [0, 0.05) is 25.1 Å². The average Bonchev–Trinajstić information content (AvgIpc) is 3.40. The van der Waals surface area contributed by atoms with E-state index in [0.717, 1.165) is 23.4 Å². The lowest BCUT2D eigenvalue weighted by atomic mass is 10.1. The molecular formula is C29H25F3N6O2. The van der Waals surface area contributed by atoms with E-state index < -0.39 is 11.7 Å². The van der Waals surface area contributed by atoms with Gasteiger partial charge in [0.1, 0.15) is 5.75 Å². The number of halogens is 3. The van der Waals surface area contributed by atoms with Crippen LogP contribution in [0.15, 0.2) is 77.6 Å². The first-order valence-electron chi connectivity index (χ1n) is 12.7. The molecule has 0 radical (unpaired) electrons. The third-order valence-electron chi connectivity index (χ3n) is 6.97. The van der Waals surface area contributed by atoms with Crippen LogP contribution < -0.4 is 20.5 Å². The zero-order valence-corrected chi connectivity index (χ0v) is 21.5. The number of fused-ring (bicyclic) bond motifs is 2. The summed E-state index contributed by atoms with van der Waals surface area (Å²) in [6, 6.07) is 20.3. The molecule has 204 valence electrons. The molecule has 1 aliphatic heterocycles. The standard InChI is InChI=1S/C29H25F3N6O2/c1-40-25-10-6-5-7-18(25)16-33-27-34-22-13-14-37(17-21(22)26(39)38(27)20-8-3-2-4-9-20)28-35-23-12-11-19(29(30,31)32)15-24(23)36-28/h2-12,15H,13-14,16-17H2,1H3,(H,33,34)(H,35,36). The van der Waals surface area contributed by atoms with Crippen molar-refractivity contribution in [3.63, 3.8) is 0 Å². The molecule has 0 amide bonds. The highest BCUT2D eigenvalue weighted by Crippen LogP contribution is 2.32. The zero-order chi connectivity index (χ0) is 27.9. The molecule has 0 unspecified atom stereocenters. The van der Waals surface area contributed by atoms with Gasteiger partial charge >= 0.3 is 6.18 Å². The number of ether oxygens (including phenoxy) is 1. The van der Waals surface area contributed by atoms with E-state index in [-0.39, 0.29) is 17.6 Å². The van der Waals surface area contributed by atoms with Crippen LogP contribution in [0.25, 0.3) is 16.7 Å². The number of imidazole rings is 1. The van der Waals surface area contributed by atoms with Crippen LogP contribution in [-0.2, 0) is 25.7 Å². The van der Waals surface area contributed by atoms with Crippen molar-refractivity contribution in [1.82, 2.24) is 19.5 Å². The lowest BCUT2D eigenvalue weighted by Crippen LogP contribution is -2.39. The smallest absolute Gasteiger partial charge is 0.416 e. The second kappa shape index (κ2) is 10.1. The number of rotatable bonds is 6. The molecule has 6 rings (SSSR count). The number of benzene rings is 3. The molecule has 2 N–H and O–H groups in total. The molecule has 0 saturated carbocycles. The Hall–Kier alpha value is -4.80. The topological polar surface area (TPSA) is 88.1 Å². The second-order valence-corrected chi connectivity index (χ2v) is 9.46. The monoisotopic (exact) mass is 546 g/mol. The van der Waals surface area contributed by atoms with Gasteiger partial charge in [-0.15, -0.1) is 0 Å². The van der Waals surface area contributed by atoms with Crippen molar-refractivity contribution in [3.05, 3.63) is 106 Å². The predicted molar refractivity (Wildman–Crippen MR) is 146 cm³/mol. The number of hydrogen-bond donors (Lipinski definition) is 2. The van der Waals surface area contributed by atoms with Crippen molar-refractivity contribution in [3.8, 4) is 11.4 Å². The van der Waals surface area contributed by atoms with Crippen molar-refractivity contribution in [2.75, 3.05) is 23.9 Å². The van der Waals surface area contributed by atoms with Crippen LogP contribution in [0, 0.1) is 0 Å². The first-order valence-corrected chi connectivity index (χ1v) is 12.7. The number of aromatic amines is 1. The molecular weight excluding hydrogens is 521 g/mol. The summed E-state index contributed by atoms with van der Waals surface area (Å²) in [6.45, 7) is 1.10. The SMILES string of the molecule is COc1ccccc1CNc1nc2c(c(=O)n1-c1ccccc1)CN(c1nc3ccc(C(F)(F)F)cc3[nH]1)CC2.